The van der Waals surface area contributed by atoms with E-state index in [1.165, 1.54) is 0 Å². The number of carbonyl (C=O) groups excluding carboxylic acids is 1. The fraction of sp³-hybridized carbons (Fsp3) is 0.471. The van der Waals surface area contributed by atoms with Crippen LogP contribution in [0, 0.1) is 5.92 Å². The second-order valence-electron chi connectivity index (χ2n) is 5.84. The fourth-order valence-corrected chi connectivity index (χ4v) is 2.07. The predicted octanol–water partition coefficient (Wildman–Crippen LogP) is 4.46. The second-order valence-corrected chi connectivity index (χ2v) is 5.84. The highest BCUT2D eigenvalue weighted by Crippen LogP contribution is 2.26. The zero-order valence-corrected chi connectivity index (χ0v) is 12.8. The third-order valence-electron chi connectivity index (χ3n) is 3.03. The Balaban J connectivity index is 2.89. The summed E-state index contributed by atoms with van der Waals surface area (Å²) in [6.45, 7) is 11.5. The summed E-state index contributed by atoms with van der Waals surface area (Å²) in [7, 11) is 0. The lowest BCUT2D eigenvalue weighted by molar-refractivity contribution is 0.0491. The zero-order valence-electron chi connectivity index (χ0n) is 12.8. The molecule has 0 heterocycles. The first kappa shape index (κ1) is 16.3. The highest BCUT2D eigenvalue weighted by atomic mass is 16.6. The van der Waals surface area contributed by atoms with Crippen LogP contribution in [0.5, 0.6) is 0 Å². The van der Waals surface area contributed by atoms with E-state index in [2.05, 4.69) is 18.8 Å². The van der Waals surface area contributed by atoms with Gasteiger partial charge in [0, 0.05) is 5.92 Å². The Bertz CT molecular complexity index is 434. The van der Waals surface area contributed by atoms with E-state index in [0.717, 1.165) is 12.0 Å². The number of alkyl carbamates (subject to hydrolysis) is 1. The van der Waals surface area contributed by atoms with Gasteiger partial charge in [0.25, 0.3) is 0 Å². The highest BCUT2D eigenvalue weighted by Gasteiger charge is 2.24. The van der Waals surface area contributed by atoms with Crippen molar-refractivity contribution in [1.29, 1.82) is 0 Å². The summed E-state index contributed by atoms with van der Waals surface area (Å²) in [4.78, 5) is 12.0. The van der Waals surface area contributed by atoms with Gasteiger partial charge in [0.15, 0.2) is 0 Å². The predicted molar refractivity (Wildman–Crippen MR) is 82.5 cm³/mol. The summed E-state index contributed by atoms with van der Waals surface area (Å²) in [5, 5.41) is 2.96. The minimum atomic E-state index is -0.499. The lowest BCUT2D eigenvalue weighted by Crippen LogP contribution is -2.37. The van der Waals surface area contributed by atoms with Crippen LogP contribution in [-0.4, -0.2) is 11.7 Å². The molecule has 0 fully saturated rings. The maximum atomic E-state index is 12.0. The Labute approximate surface area is 122 Å². The first-order valence-electron chi connectivity index (χ1n) is 7.04. The Morgan fingerprint density at radius 3 is 2.40 bits per heavy atom. The molecule has 0 radical (unpaired) electrons. The van der Waals surface area contributed by atoms with Crippen molar-refractivity contribution in [3.8, 4) is 0 Å². The van der Waals surface area contributed by atoms with Crippen LogP contribution >= 0.6 is 0 Å². The molecule has 1 rings (SSSR count). The van der Waals surface area contributed by atoms with Crippen LogP contribution in [-0.2, 0) is 4.74 Å². The molecular formula is C17H25NO2. The lowest BCUT2D eigenvalue weighted by Gasteiger charge is -2.27. The van der Waals surface area contributed by atoms with Crippen LogP contribution in [0.1, 0.15) is 45.7 Å². The molecule has 1 N–H and O–H groups in total. The number of hydrogen-bond acceptors (Lipinski definition) is 2. The summed E-state index contributed by atoms with van der Waals surface area (Å²) < 4.78 is 5.34. The molecule has 110 valence electrons. The van der Waals surface area contributed by atoms with E-state index in [1.54, 1.807) is 0 Å². The van der Waals surface area contributed by atoms with Crippen LogP contribution in [0.25, 0.3) is 0 Å². The van der Waals surface area contributed by atoms with Crippen molar-refractivity contribution in [2.75, 3.05) is 0 Å². The normalized spacial score (nSPS) is 14.2. The van der Waals surface area contributed by atoms with E-state index in [1.807, 2.05) is 57.2 Å². The summed E-state index contributed by atoms with van der Waals surface area (Å²) in [5.74, 6) is 0.171. The largest absolute Gasteiger partial charge is 0.444 e. The minimum Gasteiger partial charge on any atom is -0.444 e. The summed E-state index contributed by atoms with van der Waals surface area (Å²) in [5.41, 5.74) is 0.561. The molecule has 0 bridgehead atoms. The molecule has 0 aliphatic carbocycles. The molecule has 0 spiro atoms. The summed E-state index contributed by atoms with van der Waals surface area (Å²) >= 11 is 0. The van der Waals surface area contributed by atoms with Crippen molar-refractivity contribution < 1.29 is 9.53 Å². The van der Waals surface area contributed by atoms with Crippen LogP contribution in [0.4, 0.5) is 4.79 Å². The van der Waals surface area contributed by atoms with Gasteiger partial charge >= 0.3 is 6.09 Å². The third-order valence-corrected chi connectivity index (χ3v) is 3.03. The van der Waals surface area contributed by atoms with Crippen LogP contribution in [0.15, 0.2) is 43.0 Å². The number of hydrogen-bond donors (Lipinski definition) is 1. The monoisotopic (exact) mass is 275 g/mol. The number of nitrogens with one attached hydrogen (secondary N) is 1. The molecule has 1 amide bonds. The quantitative estimate of drug-likeness (QED) is 0.805. The van der Waals surface area contributed by atoms with Gasteiger partial charge in [-0.25, -0.2) is 4.79 Å². The molecule has 0 saturated carbocycles. The third kappa shape index (κ3) is 5.08. The molecule has 20 heavy (non-hydrogen) atoms. The first-order valence-corrected chi connectivity index (χ1v) is 7.04. The SMILES string of the molecule is C=C[C@@H](CC)[C@H](NC(=O)OC(C)(C)C)c1ccccc1. The van der Waals surface area contributed by atoms with Gasteiger partial charge in [0.2, 0.25) is 0 Å². The highest BCUT2D eigenvalue weighted by molar-refractivity contribution is 5.68. The maximum Gasteiger partial charge on any atom is 0.408 e. The zero-order chi connectivity index (χ0) is 15.2. The van der Waals surface area contributed by atoms with Gasteiger partial charge in [-0.15, -0.1) is 6.58 Å². The van der Waals surface area contributed by atoms with Crippen molar-refractivity contribution >= 4 is 6.09 Å². The van der Waals surface area contributed by atoms with Crippen LogP contribution in [0.3, 0.4) is 0 Å². The van der Waals surface area contributed by atoms with Gasteiger partial charge < -0.3 is 10.1 Å². The van der Waals surface area contributed by atoms with Gasteiger partial charge in [-0.1, -0.05) is 43.3 Å². The van der Waals surface area contributed by atoms with E-state index in [9.17, 15) is 4.79 Å². The number of amides is 1. The molecule has 0 aromatic heterocycles. The number of ether oxygens (including phenoxy) is 1. The van der Waals surface area contributed by atoms with E-state index in [0.29, 0.717) is 0 Å². The summed E-state index contributed by atoms with van der Waals surface area (Å²) in [6, 6.07) is 9.79. The van der Waals surface area contributed by atoms with Crippen molar-refractivity contribution in [3.63, 3.8) is 0 Å². The summed E-state index contributed by atoms with van der Waals surface area (Å²) in [6.07, 6.45) is 2.39. The molecular weight excluding hydrogens is 250 g/mol. The molecule has 3 nitrogen and oxygen atoms in total. The van der Waals surface area contributed by atoms with Gasteiger partial charge in [-0.2, -0.15) is 0 Å². The minimum absolute atomic E-state index is 0.117. The molecule has 2 atom stereocenters. The molecule has 0 unspecified atom stereocenters. The van der Waals surface area contributed by atoms with Crippen LogP contribution in [0.2, 0.25) is 0 Å². The van der Waals surface area contributed by atoms with E-state index < -0.39 is 11.7 Å². The first-order chi connectivity index (χ1) is 9.37. The van der Waals surface area contributed by atoms with Crippen molar-refractivity contribution in [3.05, 3.63) is 48.6 Å². The fourth-order valence-electron chi connectivity index (χ4n) is 2.07. The molecule has 1 aromatic rings. The smallest absolute Gasteiger partial charge is 0.408 e. The number of benzene rings is 1. The number of carbonyl (C=O) groups is 1. The van der Waals surface area contributed by atoms with Crippen molar-refractivity contribution in [2.24, 2.45) is 5.92 Å². The average Bonchev–Trinajstić information content (AvgIpc) is 2.38. The Kier molecular flexibility index (Phi) is 5.81. The maximum absolute atomic E-state index is 12.0. The van der Waals surface area contributed by atoms with Gasteiger partial charge in [0.1, 0.15) is 5.60 Å². The number of rotatable bonds is 5. The lowest BCUT2D eigenvalue weighted by atomic mass is 9.91. The molecule has 1 aromatic carbocycles. The molecule has 0 aliphatic rings. The van der Waals surface area contributed by atoms with E-state index >= 15 is 0 Å². The Morgan fingerprint density at radius 2 is 1.95 bits per heavy atom. The molecule has 3 heteroatoms. The molecule has 0 aliphatic heterocycles. The molecule has 0 saturated heterocycles. The van der Waals surface area contributed by atoms with Crippen LogP contribution < -0.4 is 5.32 Å². The topological polar surface area (TPSA) is 38.3 Å². The van der Waals surface area contributed by atoms with Crippen molar-refractivity contribution in [1.82, 2.24) is 5.32 Å². The second kappa shape index (κ2) is 7.13. The van der Waals surface area contributed by atoms with Crippen molar-refractivity contribution in [2.45, 2.75) is 45.8 Å². The Hall–Kier alpha value is -1.77. The van der Waals surface area contributed by atoms with Gasteiger partial charge in [0.05, 0.1) is 6.04 Å². The van der Waals surface area contributed by atoms with E-state index in [-0.39, 0.29) is 12.0 Å². The Morgan fingerprint density at radius 1 is 1.35 bits per heavy atom. The average molecular weight is 275 g/mol. The van der Waals surface area contributed by atoms with E-state index in [4.69, 9.17) is 4.74 Å². The standard InChI is InChI=1S/C17H25NO2/c1-6-13(7-2)15(14-11-9-8-10-12-14)18-16(19)20-17(3,4)5/h6,8-13,15H,1,7H2,2-5H3,(H,18,19)/t13-,15-/m0/s1. The van der Waals surface area contributed by atoms with Gasteiger partial charge in [-0.3, -0.25) is 0 Å². The van der Waals surface area contributed by atoms with Gasteiger partial charge in [-0.05, 0) is 32.8 Å².